The molecular formula is C28H19BiN2O. The number of hydrogen-bond acceptors (Lipinski definition) is 3. The van der Waals surface area contributed by atoms with E-state index in [0.29, 0.717) is 11.6 Å². The van der Waals surface area contributed by atoms with E-state index in [1.54, 1.807) is 18.2 Å². The van der Waals surface area contributed by atoms with Crippen LogP contribution in [0.15, 0.2) is 115 Å². The summed E-state index contributed by atoms with van der Waals surface area (Å²) < 4.78 is 17.9. The van der Waals surface area contributed by atoms with Gasteiger partial charge >= 0.3 is 197 Å². The Hall–Kier alpha value is -3.36. The van der Waals surface area contributed by atoms with E-state index in [0.717, 1.165) is 5.56 Å². The van der Waals surface area contributed by atoms with Crippen molar-refractivity contribution < 1.29 is 6.11 Å². The van der Waals surface area contributed by atoms with Gasteiger partial charge in [0.05, 0.1) is 0 Å². The second-order valence-corrected chi connectivity index (χ2v) is 15.6. The van der Waals surface area contributed by atoms with Crippen molar-refractivity contribution in [2.24, 2.45) is 0 Å². The zero-order valence-electron chi connectivity index (χ0n) is 18.1. The van der Waals surface area contributed by atoms with Crippen LogP contribution >= 0.6 is 0 Å². The van der Waals surface area contributed by atoms with Gasteiger partial charge < -0.3 is 0 Å². The van der Waals surface area contributed by atoms with Gasteiger partial charge in [0.2, 0.25) is 0 Å². The van der Waals surface area contributed by atoms with E-state index in [-0.39, 0.29) is 6.17 Å². The molecule has 0 unspecified atom stereocenters. The monoisotopic (exact) mass is 609 g/mol. The predicted molar refractivity (Wildman–Crippen MR) is 131 cm³/mol. The number of aromatic nitrogens is 2. The van der Waals surface area contributed by atoms with Gasteiger partial charge in [-0.15, -0.1) is 0 Å². The summed E-state index contributed by atoms with van der Waals surface area (Å²) in [5, 5.41) is 0. The van der Waals surface area contributed by atoms with Crippen molar-refractivity contribution in [3.8, 4) is 33.9 Å². The van der Waals surface area contributed by atoms with Gasteiger partial charge in [-0.1, -0.05) is 0 Å². The van der Waals surface area contributed by atoms with Crippen LogP contribution in [0.2, 0.25) is 0 Å². The molecule has 6 rings (SSSR count). The molecule has 0 spiro atoms. The number of ether oxygens (including phenoxy) is 1. The predicted octanol–water partition coefficient (Wildman–Crippen LogP) is 4.43. The molecule has 0 aliphatic carbocycles. The van der Waals surface area contributed by atoms with Crippen LogP contribution in [0.3, 0.4) is 0 Å². The molecule has 0 fully saturated rings. The number of fused-ring (bicyclic) bond motifs is 3. The second kappa shape index (κ2) is 8.29. The Kier molecular flexibility index (Phi) is 4.73. The van der Waals surface area contributed by atoms with E-state index in [2.05, 4.69) is 65.6 Å². The molecule has 4 heteroatoms. The van der Waals surface area contributed by atoms with Crippen LogP contribution in [0, 0.1) is 0 Å². The normalized spacial score (nSPS) is 12.7. The Morgan fingerprint density at radius 1 is 0.656 bits per heavy atom. The van der Waals surface area contributed by atoms with Crippen LogP contribution in [0.25, 0.3) is 22.3 Å². The first-order valence-corrected chi connectivity index (χ1v) is 15.6. The van der Waals surface area contributed by atoms with E-state index < -0.39 is 21.8 Å². The van der Waals surface area contributed by atoms with Crippen molar-refractivity contribution in [1.29, 1.82) is 0 Å². The SMILES string of the molecule is [2H]c1cccc(Oc2cccc(-c3ccc4[c](c3)[Bi]([c]3ccccn3)[c]3ccccc3-4)c2)n1. The molecule has 152 valence electrons. The van der Waals surface area contributed by atoms with Crippen LogP contribution in [0.5, 0.6) is 11.6 Å². The summed E-state index contributed by atoms with van der Waals surface area (Å²) in [6, 6.07) is 35.2. The molecule has 0 saturated carbocycles. The second-order valence-electron chi connectivity index (χ2n) is 7.51. The molecule has 5 aromatic rings. The van der Waals surface area contributed by atoms with Crippen molar-refractivity contribution in [3.05, 3.63) is 115 Å². The molecule has 3 nitrogen and oxygen atoms in total. The standard InChI is InChI=1S/C23H15NO.C5H4N.Bi/c1-2-7-18(8-3-1)19-12-14-20(15-13-19)21-9-6-10-22(17-21)25-23-11-4-5-16-24-23;1-2-4-6-5-3-1;/h1-7,9-12,14-17H;1-4H;/i16D;;. The van der Waals surface area contributed by atoms with Gasteiger partial charge in [0.15, 0.2) is 0 Å². The van der Waals surface area contributed by atoms with E-state index >= 15 is 0 Å². The van der Waals surface area contributed by atoms with Gasteiger partial charge in [-0.2, -0.15) is 0 Å². The first-order chi connectivity index (χ1) is 16.3. The van der Waals surface area contributed by atoms with E-state index in [4.69, 9.17) is 11.1 Å². The van der Waals surface area contributed by atoms with Gasteiger partial charge in [-0.25, -0.2) is 0 Å². The molecule has 3 aromatic carbocycles. The van der Waals surface area contributed by atoms with Crippen LogP contribution in [0.1, 0.15) is 1.37 Å². The first-order valence-electron chi connectivity index (χ1n) is 10.9. The summed E-state index contributed by atoms with van der Waals surface area (Å²) in [6.07, 6.45) is 2.10. The molecule has 3 heterocycles. The molecule has 1 aliphatic heterocycles. The van der Waals surface area contributed by atoms with Gasteiger partial charge in [-0.05, 0) is 0 Å². The Morgan fingerprint density at radius 2 is 1.50 bits per heavy atom. The minimum absolute atomic E-state index is 0.190. The number of benzene rings is 3. The molecule has 0 radical (unpaired) electrons. The van der Waals surface area contributed by atoms with Crippen LogP contribution in [-0.4, -0.2) is 31.7 Å². The van der Waals surface area contributed by atoms with Crippen LogP contribution in [0.4, 0.5) is 0 Å². The quantitative estimate of drug-likeness (QED) is 0.278. The maximum absolute atomic E-state index is 7.70. The van der Waals surface area contributed by atoms with Gasteiger partial charge in [-0.3, -0.25) is 0 Å². The molecule has 1 aliphatic rings. The van der Waals surface area contributed by atoms with E-state index in [9.17, 15) is 0 Å². The summed E-state index contributed by atoms with van der Waals surface area (Å²) in [5.74, 6) is 1.13. The number of hydrogen-bond donors (Lipinski definition) is 0. The molecule has 32 heavy (non-hydrogen) atoms. The zero-order chi connectivity index (χ0) is 22.2. The third-order valence-electron chi connectivity index (χ3n) is 5.53. The van der Waals surface area contributed by atoms with Crippen molar-refractivity contribution in [2.45, 2.75) is 0 Å². The van der Waals surface area contributed by atoms with Crippen molar-refractivity contribution in [1.82, 2.24) is 9.97 Å². The third-order valence-corrected chi connectivity index (χ3v) is 15.0. The van der Waals surface area contributed by atoms with Crippen molar-refractivity contribution in [3.63, 3.8) is 0 Å². The number of rotatable bonds is 4. The topological polar surface area (TPSA) is 35.0 Å². The first kappa shape index (κ1) is 18.2. The summed E-state index contributed by atoms with van der Waals surface area (Å²) in [5.41, 5.74) is 4.98. The van der Waals surface area contributed by atoms with E-state index in [1.807, 2.05) is 30.5 Å². The van der Waals surface area contributed by atoms with Gasteiger partial charge in [0.1, 0.15) is 0 Å². The fourth-order valence-corrected chi connectivity index (χ4v) is 14.0. The minimum atomic E-state index is -2.45. The zero-order valence-corrected chi connectivity index (χ0v) is 20.6. The maximum atomic E-state index is 7.70. The van der Waals surface area contributed by atoms with Crippen molar-refractivity contribution >= 4 is 31.7 Å². The fourth-order valence-electron chi connectivity index (χ4n) is 4.11. The average molecular weight is 609 g/mol. The third kappa shape index (κ3) is 3.51. The molecule has 0 N–H and O–H groups in total. The number of pyridine rings is 2. The summed E-state index contributed by atoms with van der Waals surface area (Å²) in [6.45, 7) is 0. The van der Waals surface area contributed by atoms with Gasteiger partial charge in [0, 0.05) is 0 Å². The summed E-state index contributed by atoms with van der Waals surface area (Å²) in [7, 11) is 0. The molecule has 0 bridgehead atoms. The Morgan fingerprint density at radius 3 is 2.41 bits per heavy atom. The average Bonchev–Trinajstić information content (AvgIpc) is 3.18. The van der Waals surface area contributed by atoms with Crippen LogP contribution in [-0.2, 0) is 0 Å². The Labute approximate surface area is 196 Å². The number of nitrogens with zero attached hydrogens (tertiary/aromatic N) is 2. The molecule has 0 amide bonds. The summed E-state index contributed by atoms with van der Waals surface area (Å²) >= 11 is -2.45. The Bertz CT molecular complexity index is 1470. The van der Waals surface area contributed by atoms with E-state index in [1.165, 1.54) is 26.6 Å². The van der Waals surface area contributed by atoms with Crippen molar-refractivity contribution in [2.75, 3.05) is 0 Å². The fraction of sp³-hybridized carbons (Fsp3) is 0. The Balaban J connectivity index is 1.41. The molecular weight excluding hydrogens is 589 g/mol. The van der Waals surface area contributed by atoms with Crippen LogP contribution < -0.4 is 14.7 Å². The molecule has 0 saturated heterocycles. The molecule has 2 aromatic heterocycles. The summed E-state index contributed by atoms with van der Waals surface area (Å²) in [4.78, 5) is 8.91. The molecule has 0 atom stereocenters. The van der Waals surface area contributed by atoms with Gasteiger partial charge in [0.25, 0.3) is 0 Å².